The summed E-state index contributed by atoms with van der Waals surface area (Å²) >= 11 is 1.74. The van der Waals surface area contributed by atoms with E-state index in [1.807, 2.05) is 41.0 Å². The van der Waals surface area contributed by atoms with Crippen LogP contribution in [-0.2, 0) is 13.8 Å². The van der Waals surface area contributed by atoms with Gasteiger partial charge < -0.3 is 20.3 Å². The number of halogens is 1. The summed E-state index contributed by atoms with van der Waals surface area (Å²) in [6.07, 6.45) is 2.60. The average molecular weight is 580 g/mol. The number of hydrogen-bond acceptors (Lipinski definition) is 9. The van der Waals surface area contributed by atoms with Crippen molar-refractivity contribution in [1.82, 2.24) is 19.5 Å². The van der Waals surface area contributed by atoms with E-state index in [1.165, 1.54) is 0 Å². The van der Waals surface area contributed by atoms with Gasteiger partial charge in [0.1, 0.15) is 12.0 Å². The van der Waals surface area contributed by atoms with Gasteiger partial charge in [-0.3, -0.25) is 9.09 Å². The number of benzene rings is 2. The Hall–Kier alpha value is -2.47. The lowest BCUT2D eigenvalue weighted by Crippen LogP contribution is -2.16. The second-order valence-corrected chi connectivity index (χ2v) is 12.4. The predicted molar refractivity (Wildman–Crippen MR) is 135 cm³/mol. The Kier molecular flexibility index (Phi) is 6.12. The number of nitrogens with zero attached hydrogens (tertiary/aromatic N) is 4. The number of hydrogen-bond donors (Lipinski definition) is 2. The summed E-state index contributed by atoms with van der Waals surface area (Å²) in [6, 6.07) is 13.4. The number of anilines is 2. The van der Waals surface area contributed by atoms with Crippen molar-refractivity contribution in [3.8, 4) is 5.75 Å². The van der Waals surface area contributed by atoms with Gasteiger partial charge in [0.05, 0.1) is 41.1 Å². The van der Waals surface area contributed by atoms with Gasteiger partial charge in [-0.1, -0.05) is 36.4 Å². The van der Waals surface area contributed by atoms with Crippen LogP contribution in [0.3, 0.4) is 0 Å². The van der Waals surface area contributed by atoms with Gasteiger partial charge in [0.2, 0.25) is 5.95 Å². The SMILES string of the molecule is CNc1nc(N)nc2c1ncn2[C@H]1CC[C@@H](COP(=O)(I)Oc2cccc3ccccc23)O1. The molecular weight excluding hydrogens is 558 g/mol. The number of nitrogens with two attached hydrogens (primary N) is 1. The van der Waals surface area contributed by atoms with Crippen LogP contribution in [0.5, 0.6) is 5.75 Å². The summed E-state index contributed by atoms with van der Waals surface area (Å²) in [4.78, 5) is 12.9. The largest absolute Gasteiger partial charge is 0.438 e. The van der Waals surface area contributed by atoms with Crippen molar-refractivity contribution in [1.29, 1.82) is 0 Å². The van der Waals surface area contributed by atoms with Gasteiger partial charge in [0.25, 0.3) is 0 Å². The topological polar surface area (TPSA) is 126 Å². The quantitative estimate of drug-likeness (QED) is 0.231. The molecule has 172 valence electrons. The van der Waals surface area contributed by atoms with Crippen LogP contribution in [0.2, 0.25) is 0 Å². The molecule has 1 saturated heterocycles. The Labute approximate surface area is 202 Å². The Morgan fingerprint density at radius 1 is 1.24 bits per heavy atom. The number of rotatable bonds is 7. The molecule has 0 radical (unpaired) electrons. The smallest absolute Gasteiger partial charge is 0.417 e. The monoisotopic (exact) mass is 580 g/mol. The molecule has 5 rings (SSSR count). The predicted octanol–water partition coefficient (Wildman–Crippen LogP) is 4.92. The molecule has 1 aliphatic rings. The fourth-order valence-corrected chi connectivity index (χ4v) is 5.83. The maximum Gasteiger partial charge on any atom is 0.438 e. The van der Waals surface area contributed by atoms with Gasteiger partial charge in [-0.05, 0) is 24.3 Å². The summed E-state index contributed by atoms with van der Waals surface area (Å²) in [6.45, 7) is 0.146. The van der Waals surface area contributed by atoms with E-state index in [2.05, 4.69) is 20.3 Å². The summed E-state index contributed by atoms with van der Waals surface area (Å²) < 4.78 is 32.5. The first-order valence-corrected chi connectivity index (χ1v) is 14.7. The number of fused-ring (bicyclic) bond motifs is 2. The number of nitrogen functional groups attached to an aromatic ring is 1. The average Bonchev–Trinajstić information content (AvgIpc) is 3.44. The minimum atomic E-state index is -3.38. The van der Waals surface area contributed by atoms with Gasteiger partial charge in [0.15, 0.2) is 17.0 Å². The van der Waals surface area contributed by atoms with Crippen LogP contribution in [0.15, 0.2) is 48.8 Å². The van der Waals surface area contributed by atoms with E-state index in [0.717, 1.165) is 23.6 Å². The molecule has 1 fully saturated rings. The molecule has 2 aromatic carbocycles. The van der Waals surface area contributed by atoms with Crippen LogP contribution < -0.4 is 15.6 Å². The zero-order valence-electron chi connectivity index (χ0n) is 17.7. The molecule has 0 spiro atoms. The highest BCUT2D eigenvalue weighted by Gasteiger charge is 2.32. The number of nitrogens with one attached hydrogen (secondary N) is 1. The molecule has 4 aromatic rings. The van der Waals surface area contributed by atoms with Crippen LogP contribution >= 0.6 is 27.3 Å². The Balaban J connectivity index is 1.25. The molecule has 0 amide bonds. The standard InChI is InChI=1S/C21H22IN6O4P/c1-24-19-18-20(27-21(23)26-19)28(12-25-18)17-10-9-14(31-17)11-30-33(22,29)32-16-8-4-6-13-5-2-3-7-15(13)16/h2-8,12,14,17H,9-11H2,1H3,(H3,23,24,26,27)/t14-,17+,33?/m0/s1. The first-order chi connectivity index (χ1) is 15.9. The highest BCUT2D eigenvalue weighted by Crippen LogP contribution is 2.57. The Morgan fingerprint density at radius 2 is 2.06 bits per heavy atom. The third kappa shape index (κ3) is 4.63. The maximum atomic E-state index is 13.0. The molecule has 3 atom stereocenters. The van der Waals surface area contributed by atoms with Crippen molar-refractivity contribution in [2.24, 2.45) is 0 Å². The molecule has 3 heterocycles. The second-order valence-electron chi connectivity index (χ2n) is 7.59. The van der Waals surface area contributed by atoms with E-state index in [4.69, 9.17) is 19.5 Å². The third-order valence-electron chi connectivity index (χ3n) is 5.44. The van der Waals surface area contributed by atoms with Gasteiger partial charge in [0, 0.05) is 12.4 Å². The molecular formula is C21H22IN6O4P. The number of ether oxygens (including phenoxy) is 1. The number of imidazole rings is 1. The van der Waals surface area contributed by atoms with Crippen molar-refractivity contribution in [3.63, 3.8) is 0 Å². The van der Waals surface area contributed by atoms with Crippen LogP contribution in [0, 0.1) is 0 Å². The van der Waals surface area contributed by atoms with E-state index < -0.39 is 5.24 Å². The molecule has 0 bridgehead atoms. The normalized spacial score (nSPS) is 20.2. The zero-order valence-corrected chi connectivity index (χ0v) is 20.8. The molecule has 0 aliphatic carbocycles. The van der Waals surface area contributed by atoms with Gasteiger partial charge in [-0.15, -0.1) is 0 Å². The van der Waals surface area contributed by atoms with E-state index in [0.29, 0.717) is 22.7 Å². The minimum Gasteiger partial charge on any atom is -0.417 e. The molecule has 0 saturated carbocycles. The maximum absolute atomic E-state index is 13.0. The highest BCUT2D eigenvalue weighted by molar-refractivity contribution is 14.2. The first kappa shape index (κ1) is 22.3. The van der Waals surface area contributed by atoms with E-state index >= 15 is 0 Å². The van der Waals surface area contributed by atoms with Crippen molar-refractivity contribution < 1.29 is 18.3 Å². The summed E-state index contributed by atoms with van der Waals surface area (Å²) in [5, 5.41) is 1.48. The van der Waals surface area contributed by atoms with Gasteiger partial charge in [-0.2, -0.15) is 9.97 Å². The Bertz CT molecular complexity index is 1360. The molecule has 2 aromatic heterocycles. The van der Waals surface area contributed by atoms with Gasteiger partial charge >= 0.3 is 5.24 Å². The zero-order chi connectivity index (χ0) is 23.0. The van der Waals surface area contributed by atoms with E-state index in [9.17, 15) is 4.57 Å². The summed E-state index contributed by atoms with van der Waals surface area (Å²) in [5.41, 5.74) is 7.05. The van der Waals surface area contributed by atoms with E-state index in [-0.39, 0.29) is 24.9 Å². The Morgan fingerprint density at radius 3 is 2.91 bits per heavy atom. The molecule has 1 aliphatic heterocycles. The fourth-order valence-electron chi connectivity index (χ4n) is 3.92. The van der Waals surface area contributed by atoms with Crippen LogP contribution in [0.1, 0.15) is 19.1 Å². The highest BCUT2D eigenvalue weighted by atomic mass is 127. The molecule has 3 N–H and O–H groups in total. The summed E-state index contributed by atoms with van der Waals surface area (Å²) in [5.74, 6) is 1.24. The van der Waals surface area contributed by atoms with Crippen molar-refractivity contribution in [2.75, 3.05) is 24.7 Å². The van der Waals surface area contributed by atoms with Crippen molar-refractivity contribution >= 4 is 61.0 Å². The molecule has 1 unspecified atom stereocenters. The number of aromatic nitrogens is 4. The molecule has 10 nitrogen and oxygen atoms in total. The van der Waals surface area contributed by atoms with Crippen molar-refractivity contribution in [3.05, 3.63) is 48.8 Å². The third-order valence-corrected chi connectivity index (χ3v) is 7.74. The lowest BCUT2D eigenvalue weighted by molar-refractivity contribution is -0.0162. The lowest BCUT2D eigenvalue weighted by atomic mass is 10.1. The van der Waals surface area contributed by atoms with Crippen LogP contribution in [-0.4, -0.2) is 39.3 Å². The van der Waals surface area contributed by atoms with Crippen molar-refractivity contribution in [2.45, 2.75) is 25.2 Å². The van der Waals surface area contributed by atoms with Crippen LogP contribution in [0.4, 0.5) is 11.8 Å². The summed E-state index contributed by atoms with van der Waals surface area (Å²) in [7, 11) is 1.75. The molecule has 33 heavy (non-hydrogen) atoms. The molecule has 12 heteroatoms. The fraction of sp³-hybridized carbons (Fsp3) is 0.286. The lowest BCUT2D eigenvalue weighted by Gasteiger charge is -2.18. The van der Waals surface area contributed by atoms with Crippen LogP contribution in [0.25, 0.3) is 21.9 Å². The second kappa shape index (κ2) is 9.05. The first-order valence-electron chi connectivity index (χ1n) is 10.4. The van der Waals surface area contributed by atoms with E-state index in [1.54, 1.807) is 41.5 Å². The minimum absolute atomic E-state index is 0.146. The van der Waals surface area contributed by atoms with Gasteiger partial charge in [-0.25, -0.2) is 9.55 Å².